The minimum absolute atomic E-state index is 0.0568. The Morgan fingerprint density at radius 2 is 1.96 bits per heavy atom. The highest BCUT2D eigenvalue weighted by atomic mass is 16.3. The number of rotatable bonds is 2. The van der Waals surface area contributed by atoms with Crippen molar-refractivity contribution in [2.24, 2.45) is 11.8 Å². The maximum atomic E-state index is 13.1. The zero-order chi connectivity index (χ0) is 16.7. The molecule has 1 amide bonds. The number of amides is 1. The highest BCUT2D eigenvalue weighted by molar-refractivity contribution is 5.95. The maximum Gasteiger partial charge on any atom is 0.254 e. The molecule has 124 valence electrons. The van der Waals surface area contributed by atoms with Gasteiger partial charge in [-0.3, -0.25) is 4.79 Å². The molecule has 4 nitrogen and oxygen atoms in total. The highest BCUT2D eigenvalue weighted by Crippen LogP contribution is 2.43. The molecule has 4 rings (SSSR count). The van der Waals surface area contributed by atoms with Crippen LogP contribution in [0.25, 0.3) is 0 Å². The molecule has 0 bridgehead atoms. The average molecular weight is 322 g/mol. The Balaban J connectivity index is 1.69. The van der Waals surface area contributed by atoms with Gasteiger partial charge in [0.2, 0.25) is 0 Å². The SMILES string of the molecule is Cc1cc(C(=O)N2C[C@@H]3CNC[C@@H]3[C@H]2c2ccccc2)ccc1O. The fraction of sp³-hybridized carbons (Fsp3) is 0.350. The topological polar surface area (TPSA) is 52.6 Å². The first-order valence-electron chi connectivity index (χ1n) is 8.51. The molecule has 4 heteroatoms. The molecule has 0 radical (unpaired) electrons. The van der Waals surface area contributed by atoms with Crippen LogP contribution >= 0.6 is 0 Å². The van der Waals surface area contributed by atoms with Gasteiger partial charge in [-0.25, -0.2) is 0 Å². The van der Waals surface area contributed by atoms with Crippen molar-refractivity contribution in [3.05, 3.63) is 65.2 Å². The van der Waals surface area contributed by atoms with Gasteiger partial charge in [0.25, 0.3) is 5.91 Å². The minimum atomic E-state index is 0.0568. The molecule has 0 spiro atoms. The number of nitrogens with zero attached hydrogens (tertiary/aromatic N) is 1. The summed E-state index contributed by atoms with van der Waals surface area (Å²) in [5.41, 5.74) is 2.59. The molecular formula is C20H22N2O2. The predicted octanol–water partition coefficient (Wildman–Crippen LogP) is 2.73. The van der Waals surface area contributed by atoms with Crippen LogP contribution in [-0.2, 0) is 0 Å². The van der Waals surface area contributed by atoms with E-state index in [0.717, 1.165) is 25.2 Å². The van der Waals surface area contributed by atoms with E-state index in [1.54, 1.807) is 18.2 Å². The first-order chi connectivity index (χ1) is 11.6. The molecule has 2 aromatic carbocycles. The number of carbonyl (C=O) groups excluding carboxylic acids is 1. The number of fused-ring (bicyclic) bond motifs is 1. The third-order valence-electron chi connectivity index (χ3n) is 5.41. The van der Waals surface area contributed by atoms with Gasteiger partial charge in [-0.05, 0) is 42.2 Å². The van der Waals surface area contributed by atoms with Gasteiger partial charge in [-0.2, -0.15) is 0 Å². The molecule has 2 aliphatic heterocycles. The van der Waals surface area contributed by atoms with Gasteiger partial charge in [0.05, 0.1) is 6.04 Å². The summed E-state index contributed by atoms with van der Waals surface area (Å²) in [7, 11) is 0. The smallest absolute Gasteiger partial charge is 0.254 e. The quantitative estimate of drug-likeness (QED) is 0.894. The Bertz CT molecular complexity index is 759. The van der Waals surface area contributed by atoms with Crippen molar-refractivity contribution in [1.29, 1.82) is 0 Å². The molecular weight excluding hydrogens is 300 g/mol. The fourth-order valence-corrected chi connectivity index (χ4v) is 4.16. The molecule has 2 aromatic rings. The molecule has 2 heterocycles. The lowest BCUT2D eigenvalue weighted by Crippen LogP contribution is -2.34. The lowest BCUT2D eigenvalue weighted by atomic mass is 9.89. The number of phenolic OH excluding ortho intramolecular Hbond substituents is 1. The Labute approximate surface area is 142 Å². The molecule has 3 atom stereocenters. The van der Waals surface area contributed by atoms with E-state index < -0.39 is 0 Å². The standard InChI is InChI=1S/C20H22N2O2/c1-13-9-15(7-8-18(13)23)20(24)22-12-16-10-21-11-17(16)19(22)14-5-3-2-4-6-14/h2-9,16-17,19,21,23H,10-12H2,1H3/t16-,17-,19+/m0/s1. The Kier molecular flexibility index (Phi) is 3.77. The number of hydrogen-bond acceptors (Lipinski definition) is 3. The second kappa shape index (κ2) is 5.95. The number of phenols is 1. The largest absolute Gasteiger partial charge is 0.508 e. The monoisotopic (exact) mass is 322 g/mol. The van der Waals surface area contributed by atoms with Crippen LogP contribution in [-0.4, -0.2) is 35.5 Å². The summed E-state index contributed by atoms with van der Waals surface area (Å²) >= 11 is 0. The molecule has 2 saturated heterocycles. The van der Waals surface area contributed by atoms with E-state index in [1.165, 1.54) is 5.56 Å². The van der Waals surface area contributed by atoms with E-state index in [0.29, 0.717) is 17.4 Å². The van der Waals surface area contributed by atoms with E-state index in [1.807, 2.05) is 30.0 Å². The van der Waals surface area contributed by atoms with Crippen LogP contribution in [0.4, 0.5) is 0 Å². The van der Waals surface area contributed by atoms with Crippen molar-refractivity contribution in [3.63, 3.8) is 0 Å². The van der Waals surface area contributed by atoms with Gasteiger partial charge < -0.3 is 15.3 Å². The van der Waals surface area contributed by atoms with Crippen LogP contribution in [0.5, 0.6) is 5.75 Å². The number of nitrogens with one attached hydrogen (secondary N) is 1. The normalized spacial score (nSPS) is 25.7. The summed E-state index contributed by atoms with van der Waals surface area (Å²) < 4.78 is 0. The average Bonchev–Trinajstić information content (AvgIpc) is 3.18. The number of aromatic hydroxyl groups is 1. The third kappa shape index (κ3) is 2.47. The van der Waals surface area contributed by atoms with Gasteiger partial charge in [0.15, 0.2) is 0 Å². The Morgan fingerprint density at radius 3 is 2.71 bits per heavy atom. The Hall–Kier alpha value is -2.33. The number of hydrogen-bond donors (Lipinski definition) is 2. The van der Waals surface area contributed by atoms with Crippen LogP contribution in [0, 0.1) is 18.8 Å². The van der Waals surface area contributed by atoms with Gasteiger partial charge in [-0.15, -0.1) is 0 Å². The predicted molar refractivity (Wildman–Crippen MR) is 92.9 cm³/mol. The van der Waals surface area contributed by atoms with E-state index in [4.69, 9.17) is 0 Å². The second-order valence-electron chi connectivity index (χ2n) is 6.90. The van der Waals surface area contributed by atoms with E-state index in [-0.39, 0.29) is 17.7 Å². The van der Waals surface area contributed by atoms with Crippen LogP contribution < -0.4 is 5.32 Å². The lowest BCUT2D eigenvalue weighted by molar-refractivity contribution is 0.0714. The molecule has 2 N–H and O–H groups in total. The minimum Gasteiger partial charge on any atom is -0.508 e. The van der Waals surface area contributed by atoms with Crippen LogP contribution in [0.3, 0.4) is 0 Å². The molecule has 0 aromatic heterocycles. The third-order valence-corrected chi connectivity index (χ3v) is 5.41. The van der Waals surface area contributed by atoms with Gasteiger partial charge in [-0.1, -0.05) is 30.3 Å². The lowest BCUT2D eigenvalue weighted by Gasteiger charge is -2.28. The molecule has 2 fully saturated rings. The van der Waals surface area contributed by atoms with E-state index in [9.17, 15) is 9.90 Å². The van der Waals surface area contributed by atoms with Gasteiger partial charge in [0, 0.05) is 31.1 Å². The summed E-state index contributed by atoms with van der Waals surface area (Å²) in [6, 6.07) is 15.6. The molecule has 2 aliphatic rings. The molecule has 24 heavy (non-hydrogen) atoms. The summed E-state index contributed by atoms with van der Waals surface area (Å²) in [5.74, 6) is 1.27. The second-order valence-corrected chi connectivity index (χ2v) is 6.90. The van der Waals surface area contributed by atoms with Crippen molar-refractivity contribution in [1.82, 2.24) is 10.2 Å². The first kappa shape index (κ1) is 15.2. The summed E-state index contributed by atoms with van der Waals surface area (Å²) in [4.78, 5) is 15.2. The van der Waals surface area contributed by atoms with Crippen LogP contribution in [0.15, 0.2) is 48.5 Å². The number of carbonyl (C=O) groups is 1. The number of aryl methyl sites for hydroxylation is 1. The Morgan fingerprint density at radius 1 is 1.17 bits per heavy atom. The zero-order valence-corrected chi connectivity index (χ0v) is 13.8. The highest BCUT2D eigenvalue weighted by Gasteiger charge is 2.46. The van der Waals surface area contributed by atoms with Gasteiger partial charge in [0.1, 0.15) is 5.75 Å². The summed E-state index contributed by atoms with van der Waals surface area (Å²) in [6.45, 7) is 4.55. The molecule has 0 saturated carbocycles. The fourth-order valence-electron chi connectivity index (χ4n) is 4.16. The van der Waals surface area contributed by atoms with Crippen LogP contribution in [0.1, 0.15) is 27.5 Å². The zero-order valence-electron chi connectivity index (χ0n) is 13.8. The maximum absolute atomic E-state index is 13.1. The van der Waals surface area contributed by atoms with Crippen molar-refractivity contribution in [3.8, 4) is 5.75 Å². The van der Waals surface area contributed by atoms with Crippen LogP contribution in [0.2, 0.25) is 0 Å². The van der Waals surface area contributed by atoms with Crippen molar-refractivity contribution in [2.45, 2.75) is 13.0 Å². The molecule has 0 unspecified atom stereocenters. The number of likely N-dealkylation sites (tertiary alicyclic amines) is 1. The first-order valence-corrected chi connectivity index (χ1v) is 8.51. The van der Waals surface area contributed by atoms with Crippen molar-refractivity contribution in [2.75, 3.05) is 19.6 Å². The van der Waals surface area contributed by atoms with Gasteiger partial charge >= 0.3 is 0 Å². The summed E-state index contributed by atoms with van der Waals surface area (Å²) in [6.07, 6.45) is 0. The van der Waals surface area contributed by atoms with Crippen molar-refractivity contribution < 1.29 is 9.90 Å². The molecule has 0 aliphatic carbocycles. The number of benzene rings is 2. The van der Waals surface area contributed by atoms with Crippen molar-refractivity contribution >= 4 is 5.91 Å². The summed E-state index contributed by atoms with van der Waals surface area (Å²) in [5, 5.41) is 13.2. The van der Waals surface area contributed by atoms with E-state index >= 15 is 0 Å². The van der Waals surface area contributed by atoms with E-state index in [2.05, 4.69) is 17.4 Å².